The van der Waals surface area contributed by atoms with Gasteiger partial charge in [-0.15, -0.1) is 0 Å². The van der Waals surface area contributed by atoms with Gasteiger partial charge in [-0.1, -0.05) is 244 Å². The molecule has 0 saturated heterocycles. The molecule has 0 aliphatic carbocycles. The predicted octanol–water partition coefficient (Wildman–Crippen LogP) is 22.4. The minimum Gasteiger partial charge on any atom is -0.494 e. The van der Waals surface area contributed by atoms with Crippen molar-refractivity contribution in [2.75, 3.05) is 54.5 Å². The molecule has 2 aromatic heterocycles. The first-order chi connectivity index (χ1) is 44.0. The standard InChI is InChI=1S/C82H122N4O4/c1-9-13-17-21-25-27-31-35-41-65(39-33-29-23-19-15-11-3)63-85-77-53-47-69(67-43-49-71(50-44-67)89-57-37-55-83(5)6)59-73(77)81(87)75-62-80-76(61-79(75)85)82(88)74-60-70(68-45-51-72(52-46-68)90-58-38-56-84(7)8)48-54-78(74)86(80)64-66(40-34-30-24-20-16-12-4)42-36-32-28-26-22-18-14-10-2/h43-54,59-62,65-66H,9-42,55-58,63-64H2,1-8H3. The van der Waals surface area contributed by atoms with E-state index in [9.17, 15) is 0 Å². The van der Waals surface area contributed by atoms with Crippen LogP contribution in [0.2, 0.25) is 0 Å². The zero-order valence-electron chi connectivity index (χ0n) is 58.1. The zero-order valence-corrected chi connectivity index (χ0v) is 58.1. The van der Waals surface area contributed by atoms with Crippen molar-refractivity contribution >= 4 is 43.6 Å². The molecule has 7 rings (SSSR count). The minimum absolute atomic E-state index is 0.0403. The van der Waals surface area contributed by atoms with Crippen molar-refractivity contribution in [1.82, 2.24) is 18.9 Å². The van der Waals surface area contributed by atoms with Gasteiger partial charge < -0.3 is 28.4 Å². The molecule has 494 valence electrons. The van der Waals surface area contributed by atoms with Gasteiger partial charge in [-0.2, -0.15) is 0 Å². The average molecular weight is 1230 g/mol. The molecule has 0 spiro atoms. The molecule has 0 fully saturated rings. The SMILES string of the molecule is CCCCCCCCCCC(CCCCCCCC)Cn1c2ccc(-c3ccc(OCCCN(C)C)cc3)cc2c(=O)c2cc3c(cc21)c(=O)c1cc(-c2ccc(OCCCN(C)C)cc2)ccc1n3CC(CCCCCCCC)CCCCCCCCCC. The Hall–Kier alpha value is -5.44. The summed E-state index contributed by atoms with van der Waals surface area (Å²) in [5.41, 5.74) is 7.93. The number of aromatic nitrogens is 2. The van der Waals surface area contributed by atoms with Gasteiger partial charge in [0.2, 0.25) is 0 Å². The topological polar surface area (TPSA) is 68.9 Å². The molecule has 0 N–H and O–H groups in total. The highest BCUT2D eigenvalue weighted by Crippen LogP contribution is 2.35. The van der Waals surface area contributed by atoms with Gasteiger partial charge in [0.15, 0.2) is 10.9 Å². The summed E-state index contributed by atoms with van der Waals surface area (Å²) in [5.74, 6) is 2.60. The third-order valence-corrected chi connectivity index (χ3v) is 19.4. The lowest BCUT2D eigenvalue weighted by atomic mass is 9.92. The van der Waals surface area contributed by atoms with Crippen LogP contribution in [0.1, 0.15) is 246 Å². The van der Waals surface area contributed by atoms with Gasteiger partial charge in [0.1, 0.15) is 11.5 Å². The van der Waals surface area contributed by atoms with Gasteiger partial charge in [-0.3, -0.25) is 9.59 Å². The molecule has 0 bridgehead atoms. The highest BCUT2D eigenvalue weighted by molar-refractivity contribution is 6.04. The first-order valence-corrected chi connectivity index (χ1v) is 36.9. The Kier molecular flexibility index (Phi) is 32.4. The van der Waals surface area contributed by atoms with Gasteiger partial charge in [-0.25, -0.2) is 0 Å². The van der Waals surface area contributed by atoms with Crippen molar-refractivity contribution in [3.05, 3.63) is 118 Å². The zero-order chi connectivity index (χ0) is 63.7. The van der Waals surface area contributed by atoms with Crippen LogP contribution in [-0.2, 0) is 13.1 Å². The molecule has 2 unspecified atom stereocenters. The summed E-state index contributed by atoms with van der Waals surface area (Å²) >= 11 is 0. The largest absolute Gasteiger partial charge is 0.494 e. The van der Waals surface area contributed by atoms with Crippen LogP contribution >= 0.6 is 0 Å². The molecule has 8 nitrogen and oxygen atoms in total. The van der Waals surface area contributed by atoms with E-state index < -0.39 is 0 Å². The van der Waals surface area contributed by atoms with Crippen LogP contribution in [0.15, 0.2) is 107 Å². The number of ether oxygens (including phenoxy) is 2. The Morgan fingerprint density at radius 1 is 0.322 bits per heavy atom. The molecule has 2 heterocycles. The highest BCUT2D eigenvalue weighted by atomic mass is 16.5. The van der Waals surface area contributed by atoms with Crippen LogP contribution < -0.4 is 20.3 Å². The van der Waals surface area contributed by atoms with E-state index in [1.54, 1.807) is 0 Å². The van der Waals surface area contributed by atoms with Gasteiger partial charge in [-0.05, 0) is 161 Å². The monoisotopic (exact) mass is 1230 g/mol. The molecule has 7 aromatic rings. The van der Waals surface area contributed by atoms with Crippen molar-refractivity contribution in [2.45, 2.75) is 259 Å². The molecule has 0 amide bonds. The number of pyridine rings is 2. The normalized spacial score (nSPS) is 12.6. The molecule has 8 heteroatoms. The quantitative estimate of drug-likeness (QED) is 0.0280. The number of fused-ring (bicyclic) bond motifs is 4. The van der Waals surface area contributed by atoms with E-state index in [4.69, 9.17) is 9.47 Å². The maximum atomic E-state index is 15.8. The lowest BCUT2D eigenvalue weighted by molar-refractivity contribution is 0.281. The minimum atomic E-state index is 0.0403. The maximum Gasteiger partial charge on any atom is 0.197 e. The lowest BCUT2D eigenvalue weighted by Crippen LogP contribution is -2.20. The molecule has 0 aliphatic rings. The molecule has 0 saturated carbocycles. The number of hydrogen-bond donors (Lipinski definition) is 0. The van der Waals surface area contributed by atoms with Gasteiger partial charge >= 0.3 is 0 Å². The molecular weight excluding hydrogens is 1100 g/mol. The fraction of sp³-hybridized carbons (Fsp3) is 0.610. The molecule has 0 aliphatic heterocycles. The summed E-state index contributed by atoms with van der Waals surface area (Å²) < 4.78 is 17.3. The number of unbranched alkanes of at least 4 members (excludes halogenated alkanes) is 24. The van der Waals surface area contributed by atoms with Crippen molar-refractivity contribution < 1.29 is 9.47 Å². The lowest BCUT2D eigenvalue weighted by Gasteiger charge is -2.25. The molecule has 5 aromatic carbocycles. The van der Waals surface area contributed by atoms with Gasteiger partial charge in [0, 0.05) is 47.7 Å². The molecule has 0 radical (unpaired) electrons. The van der Waals surface area contributed by atoms with Crippen LogP contribution in [0.5, 0.6) is 11.5 Å². The van der Waals surface area contributed by atoms with Gasteiger partial charge in [0.05, 0.1) is 35.3 Å². The Balaban J connectivity index is 1.38. The van der Waals surface area contributed by atoms with Crippen molar-refractivity contribution in [1.29, 1.82) is 0 Å². The van der Waals surface area contributed by atoms with Crippen LogP contribution in [0.3, 0.4) is 0 Å². The summed E-state index contributed by atoms with van der Waals surface area (Å²) in [6.07, 6.45) is 42.7. The second kappa shape index (κ2) is 40.5. The third-order valence-electron chi connectivity index (χ3n) is 19.4. The van der Waals surface area contributed by atoms with Gasteiger partial charge in [0.25, 0.3) is 0 Å². The summed E-state index contributed by atoms with van der Waals surface area (Å²) in [6, 6.07) is 34.3. The Bertz CT molecular complexity index is 3050. The van der Waals surface area contributed by atoms with Crippen LogP contribution in [0.4, 0.5) is 0 Å². The first-order valence-electron chi connectivity index (χ1n) is 36.9. The average Bonchev–Trinajstić information content (AvgIpc) is 0.841. The summed E-state index contributed by atoms with van der Waals surface area (Å²) in [4.78, 5) is 36.1. The Morgan fingerprint density at radius 2 is 0.600 bits per heavy atom. The van der Waals surface area contributed by atoms with E-state index in [-0.39, 0.29) is 10.9 Å². The van der Waals surface area contributed by atoms with Crippen LogP contribution in [0, 0.1) is 11.8 Å². The number of rotatable bonds is 48. The first kappa shape index (κ1) is 72.0. The van der Waals surface area contributed by atoms with E-state index in [1.165, 1.54) is 180 Å². The van der Waals surface area contributed by atoms with E-state index in [0.29, 0.717) is 35.8 Å². The van der Waals surface area contributed by atoms with Crippen molar-refractivity contribution in [2.24, 2.45) is 11.8 Å². The van der Waals surface area contributed by atoms with Crippen molar-refractivity contribution in [3.8, 4) is 33.8 Å². The third kappa shape index (κ3) is 23.0. The van der Waals surface area contributed by atoms with E-state index in [2.05, 4.69) is 172 Å². The fourth-order valence-electron chi connectivity index (χ4n) is 14.0. The maximum absolute atomic E-state index is 15.8. The number of nitrogens with zero attached hydrogens (tertiary/aromatic N) is 4. The smallest absolute Gasteiger partial charge is 0.197 e. The van der Waals surface area contributed by atoms with E-state index >= 15 is 9.59 Å². The highest BCUT2D eigenvalue weighted by Gasteiger charge is 2.22. The molecule has 2 atom stereocenters. The Morgan fingerprint density at radius 3 is 0.900 bits per heavy atom. The Labute approximate surface area is 545 Å². The summed E-state index contributed by atoms with van der Waals surface area (Å²) in [5, 5.41) is 2.91. The van der Waals surface area contributed by atoms with Crippen LogP contribution in [-0.4, -0.2) is 73.4 Å². The summed E-state index contributed by atoms with van der Waals surface area (Å²) in [7, 11) is 8.39. The van der Waals surface area contributed by atoms with E-state index in [1.807, 2.05) is 0 Å². The number of hydrogen-bond acceptors (Lipinski definition) is 6. The predicted molar refractivity (Wildman–Crippen MR) is 391 cm³/mol. The second-order valence-corrected chi connectivity index (χ2v) is 27.7. The molecule has 90 heavy (non-hydrogen) atoms. The fourth-order valence-corrected chi connectivity index (χ4v) is 14.0. The second-order valence-electron chi connectivity index (χ2n) is 27.7. The van der Waals surface area contributed by atoms with Crippen LogP contribution in [0.25, 0.3) is 65.9 Å². The molecular formula is C82H122N4O4. The van der Waals surface area contributed by atoms with E-state index in [0.717, 1.165) is 131 Å². The number of benzene rings is 5. The summed E-state index contributed by atoms with van der Waals surface area (Å²) in [6.45, 7) is 14.1. The van der Waals surface area contributed by atoms with Crippen molar-refractivity contribution in [3.63, 3.8) is 0 Å².